The average molecular weight is 555 g/mol. The summed E-state index contributed by atoms with van der Waals surface area (Å²) in [5.41, 5.74) is 0.582. The van der Waals surface area contributed by atoms with Crippen LogP contribution in [0.4, 0.5) is 0 Å². The van der Waals surface area contributed by atoms with E-state index in [0.717, 1.165) is 11.1 Å². The Hall–Kier alpha value is -2.09. The van der Waals surface area contributed by atoms with Gasteiger partial charge in [-0.3, -0.25) is 9.59 Å². The van der Waals surface area contributed by atoms with Crippen LogP contribution in [0, 0.1) is 5.41 Å². The van der Waals surface area contributed by atoms with Crippen LogP contribution in [-0.4, -0.2) is 47.8 Å². The SMILES string of the molecule is CCC(CCS(=O)(=O)CC)N1C(=O)C(C)(CC(=O)O)CC(c2cccc(Cl)c2)C1c1ccc(Cl)cc1. The van der Waals surface area contributed by atoms with Crippen molar-refractivity contribution in [2.45, 2.75) is 64.5 Å². The molecule has 6 nitrogen and oxygen atoms in total. The first-order valence-electron chi connectivity index (χ1n) is 12.2. The third-order valence-electron chi connectivity index (χ3n) is 7.20. The Kier molecular flexibility index (Phi) is 9.12. The number of piperidine rings is 1. The molecule has 1 amide bonds. The fourth-order valence-electron chi connectivity index (χ4n) is 5.28. The van der Waals surface area contributed by atoms with Crippen LogP contribution in [0.1, 0.15) is 69.5 Å². The first-order chi connectivity index (χ1) is 16.9. The van der Waals surface area contributed by atoms with Gasteiger partial charge in [-0.2, -0.15) is 0 Å². The number of hydrogen-bond acceptors (Lipinski definition) is 4. The Morgan fingerprint density at radius 2 is 1.78 bits per heavy atom. The van der Waals surface area contributed by atoms with Gasteiger partial charge >= 0.3 is 5.97 Å². The van der Waals surface area contributed by atoms with Gasteiger partial charge in [0.15, 0.2) is 0 Å². The molecule has 1 N–H and O–H groups in total. The smallest absolute Gasteiger partial charge is 0.304 e. The highest BCUT2D eigenvalue weighted by atomic mass is 35.5. The summed E-state index contributed by atoms with van der Waals surface area (Å²) in [6.07, 6.45) is 0.788. The Balaban J connectivity index is 2.20. The van der Waals surface area contributed by atoms with Crippen LogP contribution in [0.15, 0.2) is 48.5 Å². The summed E-state index contributed by atoms with van der Waals surface area (Å²) < 4.78 is 24.7. The molecule has 1 fully saturated rings. The number of amides is 1. The minimum absolute atomic E-state index is 0.0276. The Morgan fingerprint density at radius 3 is 2.33 bits per heavy atom. The third kappa shape index (κ3) is 6.42. The van der Waals surface area contributed by atoms with Crippen LogP contribution in [0.25, 0.3) is 0 Å². The van der Waals surface area contributed by atoms with Gasteiger partial charge in [-0.15, -0.1) is 0 Å². The average Bonchev–Trinajstić information content (AvgIpc) is 2.82. The maximum atomic E-state index is 14.1. The van der Waals surface area contributed by atoms with E-state index in [0.29, 0.717) is 22.9 Å². The molecule has 0 radical (unpaired) electrons. The van der Waals surface area contributed by atoms with Crippen LogP contribution in [0.3, 0.4) is 0 Å². The number of hydrogen-bond donors (Lipinski definition) is 1. The van der Waals surface area contributed by atoms with Crippen LogP contribution in [0.5, 0.6) is 0 Å². The zero-order valence-corrected chi connectivity index (χ0v) is 23.1. The minimum atomic E-state index is -3.25. The van der Waals surface area contributed by atoms with Gasteiger partial charge in [0.05, 0.1) is 23.6 Å². The van der Waals surface area contributed by atoms with Crippen LogP contribution in [-0.2, 0) is 19.4 Å². The number of aliphatic carboxylic acids is 1. The number of halogens is 2. The molecular formula is C27H33Cl2NO5S. The molecule has 0 bridgehead atoms. The highest BCUT2D eigenvalue weighted by Gasteiger charge is 2.52. The van der Waals surface area contributed by atoms with Crippen LogP contribution in [0.2, 0.25) is 10.0 Å². The molecule has 0 aromatic heterocycles. The Labute approximate surface area is 223 Å². The fraction of sp³-hybridized carbons (Fsp3) is 0.481. The van der Waals surface area contributed by atoms with E-state index in [4.69, 9.17) is 23.2 Å². The molecule has 196 valence electrons. The first-order valence-corrected chi connectivity index (χ1v) is 14.7. The monoisotopic (exact) mass is 553 g/mol. The largest absolute Gasteiger partial charge is 0.481 e. The molecule has 4 unspecified atom stereocenters. The summed E-state index contributed by atoms with van der Waals surface area (Å²) in [6.45, 7) is 5.23. The van der Waals surface area contributed by atoms with Crippen molar-refractivity contribution in [3.05, 3.63) is 69.7 Å². The van der Waals surface area contributed by atoms with Crippen LogP contribution < -0.4 is 0 Å². The van der Waals surface area contributed by atoms with E-state index in [1.165, 1.54) is 0 Å². The molecule has 4 atom stereocenters. The number of carboxylic acid groups (broad SMARTS) is 1. The number of benzene rings is 2. The molecule has 0 aliphatic carbocycles. The minimum Gasteiger partial charge on any atom is -0.481 e. The normalized spacial score (nSPS) is 23.5. The molecular weight excluding hydrogens is 521 g/mol. The van der Waals surface area contributed by atoms with E-state index in [-0.39, 0.29) is 36.2 Å². The van der Waals surface area contributed by atoms with Crippen molar-refractivity contribution < 1.29 is 23.1 Å². The first kappa shape index (κ1) is 28.5. The molecule has 36 heavy (non-hydrogen) atoms. The summed E-state index contributed by atoms with van der Waals surface area (Å²) in [7, 11) is -3.25. The van der Waals surface area contributed by atoms with Crippen molar-refractivity contribution in [3.8, 4) is 0 Å². The number of rotatable bonds is 10. The number of carbonyl (C=O) groups excluding carboxylic acids is 1. The maximum Gasteiger partial charge on any atom is 0.304 e. The lowest BCUT2D eigenvalue weighted by Gasteiger charge is -2.52. The number of likely N-dealkylation sites (tertiary alicyclic amines) is 1. The number of sulfone groups is 1. The fourth-order valence-corrected chi connectivity index (χ4v) is 6.53. The van der Waals surface area contributed by atoms with E-state index in [1.807, 2.05) is 37.3 Å². The molecule has 3 rings (SSSR count). The van der Waals surface area contributed by atoms with Gasteiger partial charge < -0.3 is 10.0 Å². The summed E-state index contributed by atoms with van der Waals surface area (Å²) in [4.78, 5) is 27.7. The number of carboxylic acids is 1. The van der Waals surface area contributed by atoms with Crippen LogP contribution >= 0.6 is 23.2 Å². The second-order valence-electron chi connectivity index (χ2n) is 9.79. The highest BCUT2D eigenvalue weighted by Crippen LogP contribution is 2.52. The molecule has 0 saturated carbocycles. The van der Waals surface area contributed by atoms with Gasteiger partial charge in [-0.25, -0.2) is 8.42 Å². The van der Waals surface area contributed by atoms with Crippen molar-refractivity contribution in [1.29, 1.82) is 0 Å². The van der Waals surface area contributed by atoms with Crippen molar-refractivity contribution in [1.82, 2.24) is 4.90 Å². The van der Waals surface area contributed by atoms with Crippen molar-refractivity contribution >= 4 is 44.9 Å². The maximum absolute atomic E-state index is 14.1. The Morgan fingerprint density at radius 1 is 1.11 bits per heavy atom. The second-order valence-corrected chi connectivity index (χ2v) is 13.1. The van der Waals surface area contributed by atoms with Gasteiger partial charge in [0.25, 0.3) is 0 Å². The zero-order chi connectivity index (χ0) is 26.7. The molecule has 1 aliphatic rings. The molecule has 1 aliphatic heterocycles. The lowest BCUT2D eigenvalue weighted by atomic mass is 9.67. The molecule has 0 spiro atoms. The zero-order valence-electron chi connectivity index (χ0n) is 20.8. The predicted octanol–water partition coefficient (Wildman–Crippen LogP) is 6.14. The summed E-state index contributed by atoms with van der Waals surface area (Å²) >= 11 is 12.5. The summed E-state index contributed by atoms with van der Waals surface area (Å²) in [6, 6.07) is 13.9. The van der Waals surface area contributed by atoms with E-state index < -0.39 is 33.3 Å². The van der Waals surface area contributed by atoms with E-state index in [2.05, 4.69) is 0 Å². The van der Waals surface area contributed by atoms with Gasteiger partial charge in [0, 0.05) is 27.8 Å². The van der Waals surface area contributed by atoms with Gasteiger partial charge in [0.2, 0.25) is 5.91 Å². The standard InChI is InChI=1S/C27H33Cl2NO5S/c1-4-22(13-14-36(34,35)5-2)30-25(18-9-11-20(28)12-10-18)23(19-7-6-8-21(29)15-19)16-27(3,26(30)33)17-24(31)32/h6-12,15,22-23,25H,4-5,13-14,16-17H2,1-3H3,(H,31,32). The predicted molar refractivity (Wildman–Crippen MR) is 143 cm³/mol. The van der Waals surface area contributed by atoms with E-state index in [9.17, 15) is 23.1 Å². The van der Waals surface area contributed by atoms with E-state index in [1.54, 1.807) is 36.9 Å². The topological polar surface area (TPSA) is 91.8 Å². The lowest BCUT2D eigenvalue weighted by molar-refractivity contribution is -0.160. The number of carbonyl (C=O) groups is 2. The second kappa shape index (κ2) is 11.5. The summed E-state index contributed by atoms with van der Waals surface area (Å²) in [5, 5.41) is 10.8. The van der Waals surface area contributed by atoms with Crippen molar-refractivity contribution in [2.24, 2.45) is 5.41 Å². The molecule has 1 saturated heterocycles. The van der Waals surface area contributed by atoms with Gasteiger partial charge in [-0.1, -0.05) is 68.2 Å². The van der Waals surface area contributed by atoms with E-state index >= 15 is 0 Å². The van der Waals surface area contributed by atoms with Crippen molar-refractivity contribution in [2.75, 3.05) is 11.5 Å². The van der Waals surface area contributed by atoms with Gasteiger partial charge in [0.1, 0.15) is 9.84 Å². The van der Waals surface area contributed by atoms with Gasteiger partial charge in [-0.05, 0) is 54.7 Å². The highest BCUT2D eigenvalue weighted by molar-refractivity contribution is 7.91. The summed E-state index contributed by atoms with van der Waals surface area (Å²) in [5.74, 6) is -1.61. The molecule has 2 aromatic rings. The third-order valence-corrected chi connectivity index (χ3v) is 9.42. The van der Waals surface area contributed by atoms with Crippen molar-refractivity contribution in [3.63, 3.8) is 0 Å². The number of nitrogens with zero attached hydrogens (tertiary/aromatic N) is 1. The Bertz CT molecular complexity index is 1200. The molecule has 1 heterocycles. The molecule has 2 aromatic carbocycles. The quantitative estimate of drug-likeness (QED) is 0.381. The lowest BCUT2D eigenvalue weighted by Crippen LogP contribution is -2.56. The molecule has 9 heteroatoms.